The first-order chi connectivity index (χ1) is 17.2. The Balaban J connectivity index is 1.58. The van der Waals surface area contributed by atoms with Crippen molar-refractivity contribution >= 4 is 30.8 Å². The summed E-state index contributed by atoms with van der Waals surface area (Å²) in [5.74, 6) is -0.0506. The topological polar surface area (TPSA) is 92.3 Å². The van der Waals surface area contributed by atoms with Crippen LogP contribution < -0.4 is 9.44 Å². The van der Waals surface area contributed by atoms with E-state index < -0.39 is 20.0 Å². The molecule has 0 aliphatic carbocycles. The van der Waals surface area contributed by atoms with Crippen molar-refractivity contribution in [2.75, 3.05) is 13.1 Å². The van der Waals surface area contributed by atoms with Crippen LogP contribution in [0.4, 0.5) is 0 Å². The van der Waals surface area contributed by atoms with Crippen molar-refractivity contribution in [1.82, 2.24) is 9.44 Å². The van der Waals surface area contributed by atoms with Gasteiger partial charge in [0, 0.05) is 23.9 Å². The number of nitrogens with one attached hydrogen (secondary N) is 2. The zero-order valence-electron chi connectivity index (χ0n) is 20.3. The highest BCUT2D eigenvalue weighted by atomic mass is 32.2. The summed E-state index contributed by atoms with van der Waals surface area (Å²) in [5.41, 5.74) is 2.06. The minimum Gasteiger partial charge on any atom is -0.211 e. The lowest BCUT2D eigenvalue weighted by Crippen LogP contribution is -2.29. The van der Waals surface area contributed by atoms with E-state index in [0.717, 1.165) is 11.1 Å². The van der Waals surface area contributed by atoms with Gasteiger partial charge in [-0.15, -0.1) is 0 Å². The third-order valence-corrected chi connectivity index (χ3v) is 9.28. The Kier molecular flexibility index (Phi) is 7.90. The maximum Gasteiger partial charge on any atom is 0.241 e. The molecule has 0 saturated carbocycles. The van der Waals surface area contributed by atoms with Gasteiger partial charge < -0.3 is 0 Å². The van der Waals surface area contributed by atoms with E-state index in [1.54, 1.807) is 24.3 Å². The van der Waals surface area contributed by atoms with Crippen LogP contribution in [0.3, 0.4) is 0 Å². The van der Waals surface area contributed by atoms with Gasteiger partial charge in [-0.2, -0.15) is 0 Å². The smallest absolute Gasteiger partial charge is 0.211 e. The molecule has 0 aromatic heterocycles. The van der Waals surface area contributed by atoms with Gasteiger partial charge in [0.1, 0.15) is 0 Å². The van der Waals surface area contributed by atoms with Gasteiger partial charge in [0.15, 0.2) is 0 Å². The van der Waals surface area contributed by atoms with Crippen molar-refractivity contribution in [2.24, 2.45) is 0 Å². The fourth-order valence-corrected chi connectivity index (χ4v) is 6.85. The van der Waals surface area contributed by atoms with Gasteiger partial charge in [0.2, 0.25) is 20.0 Å². The highest BCUT2D eigenvalue weighted by molar-refractivity contribution is 7.90. The van der Waals surface area contributed by atoms with Crippen LogP contribution in [0.15, 0.2) is 107 Å². The molecule has 0 aliphatic rings. The van der Waals surface area contributed by atoms with Crippen LogP contribution in [0, 0.1) is 0 Å². The predicted octanol–water partition coefficient (Wildman–Crippen LogP) is 5.00. The van der Waals surface area contributed by atoms with E-state index in [2.05, 4.69) is 9.44 Å². The molecule has 4 aromatic carbocycles. The fourth-order valence-electron chi connectivity index (χ4n) is 4.14. The average molecular weight is 523 g/mol. The Labute approximate surface area is 213 Å². The third-order valence-electron chi connectivity index (χ3n) is 6.32. The normalized spacial score (nSPS) is 13.9. The first-order valence-electron chi connectivity index (χ1n) is 11.8. The predicted molar refractivity (Wildman–Crippen MR) is 144 cm³/mol. The first kappa shape index (κ1) is 26.0. The minimum absolute atomic E-state index is 0.0253. The zero-order chi connectivity index (χ0) is 25.8. The number of benzene rings is 4. The van der Waals surface area contributed by atoms with Crippen LogP contribution in [0.1, 0.15) is 36.8 Å². The molecule has 8 heteroatoms. The zero-order valence-corrected chi connectivity index (χ0v) is 21.9. The Morgan fingerprint density at radius 3 is 1.25 bits per heavy atom. The van der Waals surface area contributed by atoms with Gasteiger partial charge in [0.25, 0.3) is 0 Å². The second-order valence-electron chi connectivity index (χ2n) is 8.93. The second-order valence-corrected chi connectivity index (χ2v) is 12.4. The number of fused-ring (bicyclic) bond motifs is 1. The largest absolute Gasteiger partial charge is 0.241 e. The van der Waals surface area contributed by atoms with E-state index in [0.29, 0.717) is 10.8 Å². The lowest BCUT2D eigenvalue weighted by atomic mass is 10.0. The summed E-state index contributed by atoms with van der Waals surface area (Å²) < 4.78 is 58.3. The van der Waals surface area contributed by atoms with Crippen molar-refractivity contribution < 1.29 is 16.8 Å². The molecule has 36 heavy (non-hydrogen) atoms. The minimum atomic E-state index is -3.88. The molecule has 4 rings (SSSR count). The molecule has 6 nitrogen and oxygen atoms in total. The van der Waals surface area contributed by atoms with Crippen molar-refractivity contribution in [3.05, 3.63) is 108 Å². The molecule has 0 radical (unpaired) electrons. The summed E-state index contributed by atoms with van der Waals surface area (Å²) in [7, 11) is -7.76. The Morgan fingerprint density at radius 1 is 0.528 bits per heavy atom. The van der Waals surface area contributed by atoms with Crippen LogP contribution in [0.2, 0.25) is 0 Å². The molecule has 0 spiro atoms. The number of sulfonamides is 2. The molecule has 0 fully saturated rings. The Hall–Kier alpha value is -3.04. The number of hydrogen-bond donors (Lipinski definition) is 2. The summed E-state index contributed by atoms with van der Waals surface area (Å²) in [6.45, 7) is 4.35. The van der Waals surface area contributed by atoms with Crippen molar-refractivity contribution in [1.29, 1.82) is 0 Å². The average Bonchev–Trinajstić information content (AvgIpc) is 2.90. The van der Waals surface area contributed by atoms with Crippen LogP contribution in [0.5, 0.6) is 0 Å². The Bertz CT molecular complexity index is 1420. The van der Waals surface area contributed by atoms with E-state index in [1.165, 1.54) is 12.1 Å². The van der Waals surface area contributed by atoms with Crippen LogP contribution in [-0.2, 0) is 20.0 Å². The lowest BCUT2D eigenvalue weighted by Gasteiger charge is -2.16. The van der Waals surface area contributed by atoms with Crippen LogP contribution in [-0.4, -0.2) is 29.9 Å². The van der Waals surface area contributed by atoms with Gasteiger partial charge in [-0.1, -0.05) is 98.8 Å². The maximum absolute atomic E-state index is 13.2. The summed E-state index contributed by atoms with van der Waals surface area (Å²) in [6.07, 6.45) is 0. The number of hydrogen-bond acceptors (Lipinski definition) is 4. The molecule has 0 amide bonds. The molecule has 0 unspecified atom stereocenters. The summed E-state index contributed by atoms with van der Waals surface area (Å²) in [6, 6.07) is 28.8. The van der Waals surface area contributed by atoms with E-state index in [1.807, 2.05) is 74.5 Å². The van der Waals surface area contributed by atoms with E-state index in [9.17, 15) is 16.8 Å². The molecule has 4 aromatic rings. The highest BCUT2D eigenvalue weighted by Crippen LogP contribution is 2.29. The fraction of sp³-hybridized carbons (Fsp3) is 0.214. The van der Waals surface area contributed by atoms with Gasteiger partial charge in [-0.25, -0.2) is 26.3 Å². The maximum atomic E-state index is 13.2. The molecule has 0 heterocycles. The Morgan fingerprint density at radius 2 is 0.889 bits per heavy atom. The van der Waals surface area contributed by atoms with E-state index in [4.69, 9.17) is 0 Å². The molecule has 188 valence electrons. The second kappa shape index (κ2) is 10.9. The quantitative estimate of drug-likeness (QED) is 0.306. The lowest BCUT2D eigenvalue weighted by molar-refractivity contribution is 0.573. The molecule has 2 N–H and O–H groups in total. The molecule has 2 atom stereocenters. The van der Waals surface area contributed by atoms with Crippen molar-refractivity contribution in [2.45, 2.75) is 35.5 Å². The van der Waals surface area contributed by atoms with Crippen molar-refractivity contribution in [3.8, 4) is 0 Å². The van der Waals surface area contributed by atoms with Gasteiger partial charge in [0.05, 0.1) is 9.79 Å². The van der Waals surface area contributed by atoms with Crippen LogP contribution >= 0.6 is 0 Å². The summed E-state index contributed by atoms with van der Waals surface area (Å²) >= 11 is 0. The van der Waals surface area contributed by atoms with Gasteiger partial charge in [-0.3, -0.25) is 0 Å². The molecule has 0 saturated heterocycles. The SMILES string of the molecule is C[C@H](CNS(=O)(=O)c1cccc2c(S(=O)(=O)NC[C@@H](C)c3ccccc3)cccc12)c1ccccc1. The third kappa shape index (κ3) is 5.84. The van der Waals surface area contributed by atoms with Gasteiger partial charge in [-0.05, 0) is 35.1 Å². The highest BCUT2D eigenvalue weighted by Gasteiger charge is 2.23. The van der Waals surface area contributed by atoms with E-state index in [-0.39, 0.29) is 34.7 Å². The molecule has 0 bridgehead atoms. The monoisotopic (exact) mass is 522 g/mol. The van der Waals surface area contributed by atoms with Crippen molar-refractivity contribution in [3.63, 3.8) is 0 Å². The number of rotatable bonds is 10. The summed E-state index contributed by atoms with van der Waals surface area (Å²) in [5, 5.41) is 0.715. The van der Waals surface area contributed by atoms with Crippen LogP contribution in [0.25, 0.3) is 10.8 Å². The summed E-state index contributed by atoms with van der Waals surface area (Å²) in [4.78, 5) is 0.102. The van der Waals surface area contributed by atoms with E-state index >= 15 is 0 Å². The van der Waals surface area contributed by atoms with Gasteiger partial charge >= 0.3 is 0 Å². The molecule has 0 aliphatic heterocycles. The molecular formula is C28H30N2O4S2. The molecular weight excluding hydrogens is 492 g/mol. The standard InChI is InChI=1S/C28H30N2O4S2/c1-21(23-11-5-3-6-12-23)19-29-35(31,32)27-17-9-16-26-25(27)15-10-18-28(26)36(33,34)30-20-22(2)24-13-7-4-8-14-24/h3-18,21-22,29-30H,19-20H2,1-2H3/t21-,22-/m1/s1. The first-order valence-corrected chi connectivity index (χ1v) is 14.8.